The highest BCUT2D eigenvalue weighted by molar-refractivity contribution is 7.99. The number of aromatic nitrogens is 3. The van der Waals surface area contributed by atoms with E-state index in [0.29, 0.717) is 24.9 Å². The molecule has 1 atom stereocenters. The molecule has 1 aliphatic carbocycles. The van der Waals surface area contributed by atoms with E-state index in [2.05, 4.69) is 27.6 Å². The lowest BCUT2D eigenvalue weighted by atomic mass is 9.93. The molecule has 0 radical (unpaired) electrons. The number of nitrogens with zero attached hydrogens (tertiary/aromatic N) is 4. The van der Waals surface area contributed by atoms with Crippen molar-refractivity contribution >= 4 is 23.6 Å². The Morgan fingerprint density at radius 1 is 1.06 bits per heavy atom. The number of piperidine rings is 1. The highest BCUT2D eigenvalue weighted by atomic mass is 32.2. The molecule has 1 aromatic carbocycles. The van der Waals surface area contributed by atoms with Crippen LogP contribution in [0.15, 0.2) is 35.5 Å². The first-order valence-electron chi connectivity index (χ1n) is 11.7. The Kier molecular flexibility index (Phi) is 7.84. The number of nitrogens with one attached hydrogen (secondary N) is 1. The Morgan fingerprint density at radius 2 is 1.84 bits per heavy atom. The smallest absolute Gasteiger partial charge is 0.233 e. The lowest BCUT2D eigenvalue weighted by Gasteiger charge is -2.33. The average molecular weight is 456 g/mol. The van der Waals surface area contributed by atoms with Crippen LogP contribution in [0.25, 0.3) is 0 Å². The highest BCUT2D eigenvalue weighted by Crippen LogP contribution is 2.23. The van der Waals surface area contributed by atoms with E-state index >= 15 is 0 Å². The van der Waals surface area contributed by atoms with Gasteiger partial charge in [-0.3, -0.25) is 9.59 Å². The van der Waals surface area contributed by atoms with Gasteiger partial charge < -0.3 is 14.8 Å². The van der Waals surface area contributed by atoms with Crippen molar-refractivity contribution in [1.82, 2.24) is 25.0 Å². The van der Waals surface area contributed by atoms with Crippen molar-refractivity contribution in [2.45, 2.75) is 69.6 Å². The first-order chi connectivity index (χ1) is 15.6. The minimum Gasteiger partial charge on any atom is -0.353 e. The normalized spacial score (nSPS) is 19.7. The summed E-state index contributed by atoms with van der Waals surface area (Å²) in [5.41, 5.74) is 1.17. The van der Waals surface area contributed by atoms with E-state index < -0.39 is 0 Å². The molecule has 1 unspecified atom stereocenters. The van der Waals surface area contributed by atoms with Crippen molar-refractivity contribution in [1.29, 1.82) is 0 Å². The predicted molar refractivity (Wildman–Crippen MR) is 125 cm³/mol. The van der Waals surface area contributed by atoms with Crippen molar-refractivity contribution in [3.63, 3.8) is 0 Å². The molecule has 32 heavy (non-hydrogen) atoms. The van der Waals surface area contributed by atoms with Gasteiger partial charge in [-0.15, -0.1) is 10.2 Å². The third kappa shape index (κ3) is 5.91. The van der Waals surface area contributed by atoms with Crippen LogP contribution in [0.4, 0.5) is 0 Å². The molecule has 172 valence electrons. The fraction of sp³-hybridized carbons (Fsp3) is 0.583. The number of rotatable bonds is 7. The predicted octanol–water partition coefficient (Wildman–Crippen LogP) is 3.41. The van der Waals surface area contributed by atoms with E-state index in [1.54, 1.807) is 0 Å². The number of hydrogen-bond donors (Lipinski definition) is 1. The zero-order chi connectivity index (χ0) is 22.3. The molecule has 8 heteroatoms. The molecule has 2 aliphatic rings. The second kappa shape index (κ2) is 11.0. The van der Waals surface area contributed by atoms with Crippen LogP contribution in [0.5, 0.6) is 0 Å². The van der Waals surface area contributed by atoms with Gasteiger partial charge in [0.2, 0.25) is 11.8 Å². The summed E-state index contributed by atoms with van der Waals surface area (Å²) in [6.07, 6.45) is 7.58. The summed E-state index contributed by atoms with van der Waals surface area (Å²) in [7, 11) is 0. The van der Waals surface area contributed by atoms with Crippen LogP contribution in [0.3, 0.4) is 0 Å². The number of likely N-dealkylation sites (tertiary alicyclic amines) is 1. The van der Waals surface area contributed by atoms with E-state index in [0.717, 1.165) is 43.2 Å². The molecule has 4 rings (SSSR count). The first-order valence-corrected chi connectivity index (χ1v) is 12.7. The number of amides is 2. The molecule has 1 saturated carbocycles. The van der Waals surface area contributed by atoms with Crippen LogP contribution < -0.4 is 5.32 Å². The molecule has 1 N–H and O–H groups in total. The summed E-state index contributed by atoms with van der Waals surface area (Å²) in [6, 6.07) is 10.5. The van der Waals surface area contributed by atoms with Crippen molar-refractivity contribution in [3.05, 3.63) is 41.7 Å². The molecular formula is C24H33N5O2S. The van der Waals surface area contributed by atoms with Crippen LogP contribution in [0.1, 0.15) is 56.3 Å². The van der Waals surface area contributed by atoms with Gasteiger partial charge >= 0.3 is 0 Å². The average Bonchev–Trinajstić information content (AvgIpc) is 3.18. The van der Waals surface area contributed by atoms with E-state index in [-0.39, 0.29) is 17.7 Å². The van der Waals surface area contributed by atoms with Gasteiger partial charge in [-0.25, -0.2) is 0 Å². The van der Waals surface area contributed by atoms with Crippen molar-refractivity contribution in [2.75, 3.05) is 18.8 Å². The molecule has 2 fully saturated rings. The monoisotopic (exact) mass is 455 g/mol. The Balaban J connectivity index is 1.30. The van der Waals surface area contributed by atoms with E-state index in [9.17, 15) is 9.59 Å². The molecule has 1 aliphatic heterocycles. The molecule has 2 amide bonds. The van der Waals surface area contributed by atoms with E-state index in [1.807, 2.05) is 34.6 Å². The van der Waals surface area contributed by atoms with Crippen LogP contribution in [0, 0.1) is 12.8 Å². The number of carbonyl (C=O) groups excluding carboxylic acids is 2. The Labute approximate surface area is 194 Å². The topological polar surface area (TPSA) is 80.1 Å². The van der Waals surface area contributed by atoms with Gasteiger partial charge in [-0.1, -0.05) is 61.4 Å². The Bertz CT molecular complexity index is 910. The van der Waals surface area contributed by atoms with Crippen molar-refractivity contribution < 1.29 is 9.59 Å². The van der Waals surface area contributed by atoms with Crippen LogP contribution in [-0.2, 0) is 16.1 Å². The lowest BCUT2D eigenvalue weighted by Crippen LogP contribution is -2.48. The largest absolute Gasteiger partial charge is 0.353 e. The second-order valence-corrected chi connectivity index (χ2v) is 9.86. The summed E-state index contributed by atoms with van der Waals surface area (Å²) >= 11 is 1.42. The summed E-state index contributed by atoms with van der Waals surface area (Å²) in [6.45, 7) is 3.86. The molecule has 1 saturated heterocycles. The van der Waals surface area contributed by atoms with Crippen LogP contribution >= 0.6 is 11.8 Å². The fourth-order valence-corrected chi connectivity index (χ4v) is 5.50. The summed E-state index contributed by atoms with van der Waals surface area (Å²) in [5, 5.41) is 12.5. The SMILES string of the molecule is Cc1nnc(SCC(=O)N2CCCC(C(=O)NC3CCCCC3)C2)n1Cc1ccccc1. The quantitative estimate of drug-likeness (QED) is 0.647. The van der Waals surface area contributed by atoms with Crippen LogP contribution in [0.2, 0.25) is 0 Å². The fourth-order valence-electron chi connectivity index (χ4n) is 4.62. The number of thioether (sulfide) groups is 1. The highest BCUT2D eigenvalue weighted by Gasteiger charge is 2.30. The Hall–Kier alpha value is -2.35. The van der Waals surface area contributed by atoms with Gasteiger partial charge in [-0.2, -0.15) is 0 Å². The maximum Gasteiger partial charge on any atom is 0.233 e. The van der Waals surface area contributed by atoms with E-state index in [1.165, 1.54) is 36.6 Å². The Morgan fingerprint density at radius 3 is 2.62 bits per heavy atom. The van der Waals surface area contributed by atoms with Crippen LogP contribution in [-0.4, -0.2) is 56.4 Å². The first kappa shape index (κ1) is 22.8. The molecular weight excluding hydrogens is 422 g/mol. The molecule has 0 bridgehead atoms. The lowest BCUT2D eigenvalue weighted by molar-refractivity contribution is -0.134. The number of carbonyl (C=O) groups is 2. The van der Waals surface area contributed by atoms with Gasteiger partial charge in [0.15, 0.2) is 5.16 Å². The molecule has 7 nitrogen and oxygen atoms in total. The molecule has 2 aromatic rings. The van der Waals surface area contributed by atoms with Gasteiger partial charge in [0.05, 0.1) is 18.2 Å². The van der Waals surface area contributed by atoms with Gasteiger partial charge in [0.25, 0.3) is 0 Å². The summed E-state index contributed by atoms with van der Waals surface area (Å²) in [4.78, 5) is 27.5. The summed E-state index contributed by atoms with van der Waals surface area (Å²) in [5.74, 6) is 1.24. The van der Waals surface area contributed by atoms with Gasteiger partial charge in [-0.05, 0) is 38.2 Å². The van der Waals surface area contributed by atoms with E-state index in [4.69, 9.17) is 0 Å². The van der Waals surface area contributed by atoms with Gasteiger partial charge in [0, 0.05) is 19.1 Å². The standard InChI is InChI=1S/C24H33N5O2S/c1-18-26-27-24(29(18)15-19-9-4-2-5-10-19)32-17-22(30)28-14-8-11-20(16-28)23(31)25-21-12-6-3-7-13-21/h2,4-5,9-10,20-21H,3,6-8,11-17H2,1H3,(H,25,31). The zero-order valence-corrected chi connectivity index (χ0v) is 19.6. The second-order valence-electron chi connectivity index (χ2n) is 8.91. The summed E-state index contributed by atoms with van der Waals surface area (Å²) < 4.78 is 2.05. The molecule has 2 heterocycles. The number of hydrogen-bond acceptors (Lipinski definition) is 5. The zero-order valence-electron chi connectivity index (χ0n) is 18.8. The third-order valence-electron chi connectivity index (χ3n) is 6.51. The maximum absolute atomic E-state index is 12.9. The van der Waals surface area contributed by atoms with Gasteiger partial charge in [0.1, 0.15) is 5.82 Å². The minimum absolute atomic E-state index is 0.0667. The number of aryl methyl sites for hydroxylation is 1. The number of benzene rings is 1. The third-order valence-corrected chi connectivity index (χ3v) is 7.46. The van der Waals surface area contributed by atoms with Crippen molar-refractivity contribution in [2.24, 2.45) is 5.92 Å². The minimum atomic E-state index is -0.0939. The van der Waals surface area contributed by atoms with Crippen molar-refractivity contribution in [3.8, 4) is 0 Å². The molecule has 0 spiro atoms. The maximum atomic E-state index is 12.9. The molecule has 1 aromatic heterocycles.